The maximum atomic E-state index is 12.1. The molecule has 3 amide bonds. The molecule has 0 fully saturated rings. The molecule has 0 spiro atoms. The number of esters is 1. The second-order valence-electron chi connectivity index (χ2n) is 4.82. The minimum Gasteiger partial charge on any atom is -0.467 e. The van der Waals surface area contributed by atoms with Gasteiger partial charge in [0, 0.05) is 5.56 Å². The van der Waals surface area contributed by atoms with E-state index in [1.165, 1.54) is 14.0 Å². The Morgan fingerprint density at radius 2 is 1.74 bits per heavy atom. The summed E-state index contributed by atoms with van der Waals surface area (Å²) in [5, 5.41) is 4.78. The molecule has 2 unspecified atom stereocenters. The van der Waals surface area contributed by atoms with Crippen LogP contribution in [-0.4, -0.2) is 42.9 Å². The summed E-state index contributed by atoms with van der Waals surface area (Å²) in [7, 11) is 1.18. The van der Waals surface area contributed by atoms with Crippen LogP contribution in [0.1, 0.15) is 23.7 Å². The van der Waals surface area contributed by atoms with Gasteiger partial charge in [0.2, 0.25) is 11.8 Å². The normalized spacial score (nSPS) is 12.6. The van der Waals surface area contributed by atoms with Crippen LogP contribution in [0.5, 0.6) is 0 Å². The molecule has 0 aliphatic carbocycles. The lowest BCUT2D eigenvalue weighted by Gasteiger charge is -2.19. The largest absolute Gasteiger partial charge is 0.467 e. The van der Waals surface area contributed by atoms with Crippen LogP contribution in [0.2, 0.25) is 0 Å². The van der Waals surface area contributed by atoms with Gasteiger partial charge in [0.15, 0.2) is 0 Å². The van der Waals surface area contributed by atoms with Crippen molar-refractivity contribution in [2.45, 2.75) is 25.4 Å². The van der Waals surface area contributed by atoms with Crippen LogP contribution in [0.4, 0.5) is 0 Å². The highest BCUT2D eigenvalue weighted by Crippen LogP contribution is 2.01. The number of rotatable bonds is 7. The van der Waals surface area contributed by atoms with Gasteiger partial charge in [-0.05, 0) is 19.1 Å². The molecule has 1 aromatic carbocycles. The number of hydrogen-bond acceptors (Lipinski definition) is 5. The second kappa shape index (κ2) is 8.52. The van der Waals surface area contributed by atoms with Gasteiger partial charge in [-0.25, -0.2) is 4.79 Å². The molecule has 124 valence electrons. The zero-order valence-corrected chi connectivity index (χ0v) is 12.9. The van der Waals surface area contributed by atoms with Gasteiger partial charge in [-0.2, -0.15) is 0 Å². The van der Waals surface area contributed by atoms with Crippen LogP contribution in [0, 0.1) is 0 Å². The first kappa shape index (κ1) is 18.1. The molecule has 0 heterocycles. The SMILES string of the molecule is COC(=O)C(C)NC(=O)C(CC(N)=O)NC(=O)c1ccccc1. The van der Waals surface area contributed by atoms with E-state index in [2.05, 4.69) is 15.4 Å². The van der Waals surface area contributed by atoms with Crippen molar-refractivity contribution in [3.8, 4) is 0 Å². The van der Waals surface area contributed by atoms with E-state index in [1.54, 1.807) is 30.3 Å². The highest BCUT2D eigenvalue weighted by Gasteiger charge is 2.26. The number of primary amides is 1. The molecule has 23 heavy (non-hydrogen) atoms. The predicted octanol–water partition coefficient (Wildman–Crippen LogP) is -0.662. The topological polar surface area (TPSA) is 128 Å². The van der Waals surface area contributed by atoms with Crippen LogP contribution in [0.3, 0.4) is 0 Å². The first-order chi connectivity index (χ1) is 10.8. The number of nitrogens with one attached hydrogen (secondary N) is 2. The van der Waals surface area contributed by atoms with Crippen LogP contribution < -0.4 is 16.4 Å². The molecule has 0 aliphatic rings. The summed E-state index contributed by atoms with van der Waals surface area (Å²) in [5.74, 6) is -2.64. The van der Waals surface area contributed by atoms with Gasteiger partial charge in [0.1, 0.15) is 12.1 Å². The van der Waals surface area contributed by atoms with Crippen molar-refractivity contribution < 1.29 is 23.9 Å². The summed E-state index contributed by atoms with van der Waals surface area (Å²) >= 11 is 0. The van der Waals surface area contributed by atoms with Crippen LogP contribution in [0.25, 0.3) is 0 Å². The van der Waals surface area contributed by atoms with Gasteiger partial charge in [0.05, 0.1) is 13.5 Å². The van der Waals surface area contributed by atoms with Gasteiger partial charge in [0.25, 0.3) is 5.91 Å². The number of carbonyl (C=O) groups is 4. The average molecular weight is 321 g/mol. The summed E-state index contributed by atoms with van der Waals surface area (Å²) in [6.45, 7) is 1.42. The number of methoxy groups -OCH3 is 1. The average Bonchev–Trinajstić information content (AvgIpc) is 2.53. The smallest absolute Gasteiger partial charge is 0.328 e. The summed E-state index contributed by atoms with van der Waals surface area (Å²) in [5.41, 5.74) is 5.43. The molecule has 0 saturated carbocycles. The third-order valence-electron chi connectivity index (χ3n) is 2.98. The second-order valence-corrected chi connectivity index (χ2v) is 4.82. The van der Waals surface area contributed by atoms with Crippen molar-refractivity contribution >= 4 is 23.7 Å². The van der Waals surface area contributed by atoms with E-state index in [9.17, 15) is 19.2 Å². The number of carbonyl (C=O) groups excluding carboxylic acids is 4. The Morgan fingerprint density at radius 1 is 1.13 bits per heavy atom. The summed E-state index contributed by atoms with van der Waals surface area (Å²) in [4.78, 5) is 46.6. The minimum atomic E-state index is -1.19. The molecular formula is C15H19N3O5. The molecule has 1 aromatic rings. The molecule has 0 aromatic heterocycles. The van der Waals surface area contributed by atoms with Crippen molar-refractivity contribution in [3.05, 3.63) is 35.9 Å². The number of nitrogens with two attached hydrogens (primary N) is 1. The van der Waals surface area contributed by atoms with E-state index in [0.29, 0.717) is 5.56 Å². The third-order valence-corrected chi connectivity index (χ3v) is 2.98. The first-order valence-corrected chi connectivity index (χ1v) is 6.87. The fourth-order valence-corrected chi connectivity index (χ4v) is 1.79. The molecule has 8 nitrogen and oxygen atoms in total. The summed E-state index contributed by atoms with van der Waals surface area (Å²) < 4.78 is 4.49. The Labute approximate surface area is 133 Å². The van der Waals surface area contributed by atoms with Crippen molar-refractivity contribution in [1.29, 1.82) is 0 Å². The van der Waals surface area contributed by atoms with Gasteiger partial charge in [-0.15, -0.1) is 0 Å². The van der Waals surface area contributed by atoms with Crippen LogP contribution in [-0.2, 0) is 19.1 Å². The molecule has 4 N–H and O–H groups in total. The van der Waals surface area contributed by atoms with Gasteiger partial charge in [-0.3, -0.25) is 14.4 Å². The number of amides is 3. The standard InChI is InChI=1S/C15H19N3O5/c1-9(15(22)23-2)17-14(21)11(8-12(16)19)18-13(20)10-6-4-3-5-7-10/h3-7,9,11H,8H2,1-2H3,(H2,16,19)(H,17,21)(H,18,20). The van der Waals surface area contributed by atoms with E-state index < -0.39 is 42.2 Å². The first-order valence-electron chi connectivity index (χ1n) is 6.87. The van der Waals surface area contributed by atoms with Gasteiger partial charge in [-0.1, -0.05) is 18.2 Å². The highest BCUT2D eigenvalue weighted by molar-refractivity contribution is 5.99. The molecular weight excluding hydrogens is 302 g/mol. The Kier molecular flexibility index (Phi) is 6.72. The molecule has 0 bridgehead atoms. The zero-order chi connectivity index (χ0) is 17.4. The lowest BCUT2D eigenvalue weighted by molar-refractivity contribution is -0.144. The molecule has 0 radical (unpaired) electrons. The Bertz CT molecular complexity index is 588. The van der Waals surface area contributed by atoms with E-state index in [-0.39, 0.29) is 0 Å². The van der Waals surface area contributed by atoms with Crippen LogP contribution >= 0.6 is 0 Å². The Hall–Kier alpha value is -2.90. The van der Waals surface area contributed by atoms with E-state index in [0.717, 1.165) is 0 Å². The van der Waals surface area contributed by atoms with Crippen molar-refractivity contribution in [2.75, 3.05) is 7.11 Å². The van der Waals surface area contributed by atoms with Crippen molar-refractivity contribution in [2.24, 2.45) is 5.73 Å². The summed E-state index contributed by atoms with van der Waals surface area (Å²) in [6, 6.07) is 6.08. The molecule has 1 rings (SSSR count). The lowest BCUT2D eigenvalue weighted by atomic mass is 10.1. The van der Waals surface area contributed by atoms with Crippen molar-refractivity contribution in [1.82, 2.24) is 10.6 Å². The van der Waals surface area contributed by atoms with Crippen LogP contribution in [0.15, 0.2) is 30.3 Å². The zero-order valence-electron chi connectivity index (χ0n) is 12.9. The fraction of sp³-hybridized carbons (Fsp3) is 0.333. The number of ether oxygens (including phenoxy) is 1. The maximum absolute atomic E-state index is 12.1. The van der Waals surface area contributed by atoms with Crippen molar-refractivity contribution in [3.63, 3.8) is 0 Å². The maximum Gasteiger partial charge on any atom is 0.328 e. The molecule has 2 atom stereocenters. The third kappa shape index (κ3) is 5.77. The molecule has 0 saturated heterocycles. The molecule has 8 heteroatoms. The number of benzene rings is 1. The Morgan fingerprint density at radius 3 is 2.26 bits per heavy atom. The minimum absolute atomic E-state index is 0.329. The Balaban J connectivity index is 2.79. The van der Waals surface area contributed by atoms with E-state index in [1.807, 2.05) is 0 Å². The quantitative estimate of drug-likeness (QED) is 0.574. The van der Waals surface area contributed by atoms with Gasteiger partial charge < -0.3 is 21.1 Å². The monoisotopic (exact) mass is 321 g/mol. The molecule has 0 aliphatic heterocycles. The predicted molar refractivity (Wildman–Crippen MR) is 81.1 cm³/mol. The highest BCUT2D eigenvalue weighted by atomic mass is 16.5. The van der Waals surface area contributed by atoms with E-state index >= 15 is 0 Å². The summed E-state index contributed by atoms with van der Waals surface area (Å²) in [6.07, 6.45) is -0.391. The fourth-order valence-electron chi connectivity index (χ4n) is 1.79. The number of hydrogen-bond donors (Lipinski definition) is 3. The van der Waals surface area contributed by atoms with E-state index in [4.69, 9.17) is 5.73 Å². The lowest BCUT2D eigenvalue weighted by Crippen LogP contribution is -2.52. The van der Waals surface area contributed by atoms with Gasteiger partial charge >= 0.3 is 5.97 Å².